The van der Waals surface area contributed by atoms with Gasteiger partial charge in [0.05, 0.1) is 11.3 Å². The summed E-state index contributed by atoms with van der Waals surface area (Å²) in [5.41, 5.74) is 0.882. The van der Waals surface area contributed by atoms with Gasteiger partial charge in [0.1, 0.15) is 5.82 Å². The lowest BCUT2D eigenvalue weighted by atomic mass is 10.1. The minimum atomic E-state index is -0.943. The number of carboxylic acid groups (broad SMARTS) is 1. The van der Waals surface area contributed by atoms with Gasteiger partial charge in [-0.25, -0.2) is 14.8 Å². The second-order valence-electron chi connectivity index (χ2n) is 4.69. The molecule has 0 bridgehead atoms. The minimum Gasteiger partial charge on any atom is -0.478 e. The van der Waals surface area contributed by atoms with E-state index in [1.165, 1.54) is 19.0 Å². The summed E-state index contributed by atoms with van der Waals surface area (Å²) >= 11 is 0. The van der Waals surface area contributed by atoms with Crippen LogP contribution in [-0.2, 0) is 6.42 Å². The molecule has 16 heavy (non-hydrogen) atoms. The number of aromatic nitrogens is 2. The maximum absolute atomic E-state index is 11.0. The Morgan fingerprint density at radius 1 is 1.56 bits per heavy atom. The molecule has 4 nitrogen and oxygen atoms in total. The maximum atomic E-state index is 11.0. The molecule has 0 aromatic carbocycles. The number of nitrogens with zero attached hydrogens (tertiary/aromatic N) is 2. The maximum Gasteiger partial charge on any atom is 0.339 e. The van der Waals surface area contributed by atoms with E-state index in [1.54, 1.807) is 0 Å². The predicted molar refractivity (Wildman–Crippen MR) is 59.5 cm³/mol. The third kappa shape index (κ3) is 2.38. The van der Waals surface area contributed by atoms with E-state index in [2.05, 4.69) is 9.97 Å². The third-order valence-electron chi connectivity index (χ3n) is 2.81. The van der Waals surface area contributed by atoms with Crippen molar-refractivity contribution in [3.05, 3.63) is 23.3 Å². The molecule has 2 rings (SSSR count). The van der Waals surface area contributed by atoms with Crippen LogP contribution in [0.4, 0.5) is 0 Å². The van der Waals surface area contributed by atoms with Crippen LogP contribution in [0.25, 0.3) is 0 Å². The molecule has 1 aliphatic carbocycles. The Hall–Kier alpha value is -1.45. The Kier molecular flexibility index (Phi) is 2.90. The zero-order valence-corrected chi connectivity index (χ0v) is 9.60. The minimum absolute atomic E-state index is 0.118. The Morgan fingerprint density at radius 3 is 2.75 bits per heavy atom. The van der Waals surface area contributed by atoms with Crippen LogP contribution in [0.3, 0.4) is 0 Å². The highest BCUT2D eigenvalue weighted by Gasteiger charge is 2.24. The fourth-order valence-electron chi connectivity index (χ4n) is 1.72. The number of aromatic carboxylic acids is 1. The van der Waals surface area contributed by atoms with Gasteiger partial charge in [-0.05, 0) is 24.7 Å². The highest BCUT2D eigenvalue weighted by molar-refractivity contribution is 5.88. The SMILES string of the molecule is CC(C)c1nc(CC2CC2)ncc1C(=O)O. The molecular formula is C12H16N2O2. The van der Waals surface area contributed by atoms with Gasteiger partial charge < -0.3 is 5.11 Å². The Labute approximate surface area is 94.7 Å². The largest absolute Gasteiger partial charge is 0.478 e. The quantitative estimate of drug-likeness (QED) is 0.845. The van der Waals surface area contributed by atoms with E-state index in [4.69, 9.17) is 5.11 Å². The van der Waals surface area contributed by atoms with E-state index in [1.807, 2.05) is 13.8 Å². The molecule has 0 spiro atoms. The van der Waals surface area contributed by atoms with Crippen LogP contribution >= 0.6 is 0 Å². The fraction of sp³-hybridized carbons (Fsp3) is 0.583. The molecule has 1 N–H and O–H groups in total. The average molecular weight is 220 g/mol. The van der Waals surface area contributed by atoms with Gasteiger partial charge in [-0.1, -0.05) is 13.8 Å². The molecule has 4 heteroatoms. The molecule has 0 unspecified atom stereocenters. The molecule has 0 aliphatic heterocycles. The molecule has 1 heterocycles. The first-order chi connectivity index (χ1) is 7.58. The van der Waals surface area contributed by atoms with Gasteiger partial charge in [0.15, 0.2) is 0 Å². The van der Waals surface area contributed by atoms with E-state index in [0.29, 0.717) is 5.69 Å². The van der Waals surface area contributed by atoms with Crippen LogP contribution in [0, 0.1) is 5.92 Å². The van der Waals surface area contributed by atoms with Crippen molar-refractivity contribution in [2.24, 2.45) is 5.92 Å². The van der Waals surface area contributed by atoms with Crippen LogP contribution < -0.4 is 0 Å². The Balaban J connectivity index is 2.30. The molecule has 1 aromatic heterocycles. The molecule has 0 atom stereocenters. The summed E-state index contributed by atoms with van der Waals surface area (Å²) in [6, 6.07) is 0. The average Bonchev–Trinajstić information content (AvgIpc) is 3.01. The van der Waals surface area contributed by atoms with Crippen LogP contribution in [-0.4, -0.2) is 21.0 Å². The number of rotatable bonds is 4. The third-order valence-corrected chi connectivity index (χ3v) is 2.81. The molecule has 1 fully saturated rings. The summed E-state index contributed by atoms with van der Waals surface area (Å²) in [5.74, 6) is 0.681. The second kappa shape index (κ2) is 4.20. The van der Waals surface area contributed by atoms with E-state index < -0.39 is 5.97 Å². The zero-order valence-electron chi connectivity index (χ0n) is 9.60. The lowest BCUT2D eigenvalue weighted by Crippen LogP contribution is -2.10. The number of hydrogen-bond acceptors (Lipinski definition) is 3. The van der Waals surface area contributed by atoms with Crippen molar-refractivity contribution < 1.29 is 9.90 Å². The first kappa shape index (κ1) is 11.0. The topological polar surface area (TPSA) is 63.1 Å². The smallest absolute Gasteiger partial charge is 0.339 e. The van der Waals surface area contributed by atoms with E-state index in [0.717, 1.165) is 18.2 Å². The van der Waals surface area contributed by atoms with Crippen molar-refractivity contribution in [2.45, 2.75) is 39.0 Å². The summed E-state index contributed by atoms with van der Waals surface area (Å²) in [4.78, 5) is 19.5. The van der Waals surface area contributed by atoms with Gasteiger partial charge >= 0.3 is 5.97 Å². The number of hydrogen-bond donors (Lipinski definition) is 1. The Morgan fingerprint density at radius 2 is 2.25 bits per heavy atom. The molecule has 0 radical (unpaired) electrons. The zero-order chi connectivity index (χ0) is 11.7. The molecule has 1 aliphatic rings. The monoisotopic (exact) mass is 220 g/mol. The van der Waals surface area contributed by atoms with Crippen molar-refractivity contribution in [1.82, 2.24) is 9.97 Å². The molecular weight excluding hydrogens is 204 g/mol. The number of carboxylic acids is 1. The summed E-state index contributed by atoms with van der Waals surface area (Å²) in [7, 11) is 0. The molecule has 1 aromatic rings. The van der Waals surface area contributed by atoms with Crippen molar-refractivity contribution in [3.8, 4) is 0 Å². The lowest BCUT2D eigenvalue weighted by Gasteiger charge is -2.09. The standard InChI is InChI=1S/C12H16N2O2/c1-7(2)11-9(12(15)16)6-13-10(14-11)5-8-3-4-8/h6-8H,3-5H2,1-2H3,(H,15,16). The van der Waals surface area contributed by atoms with E-state index in [-0.39, 0.29) is 11.5 Å². The number of carbonyl (C=O) groups is 1. The molecule has 0 saturated heterocycles. The van der Waals surface area contributed by atoms with Gasteiger partial charge in [-0.2, -0.15) is 0 Å². The van der Waals surface area contributed by atoms with Crippen molar-refractivity contribution >= 4 is 5.97 Å². The summed E-state index contributed by atoms with van der Waals surface area (Å²) in [6.07, 6.45) is 4.84. The Bertz CT molecular complexity index is 411. The van der Waals surface area contributed by atoms with Gasteiger partial charge in [0.2, 0.25) is 0 Å². The van der Waals surface area contributed by atoms with Crippen LogP contribution in [0.15, 0.2) is 6.20 Å². The first-order valence-corrected chi connectivity index (χ1v) is 5.67. The van der Waals surface area contributed by atoms with Crippen molar-refractivity contribution in [3.63, 3.8) is 0 Å². The van der Waals surface area contributed by atoms with Gasteiger partial charge in [-0.15, -0.1) is 0 Å². The highest BCUT2D eigenvalue weighted by Crippen LogP contribution is 2.32. The first-order valence-electron chi connectivity index (χ1n) is 5.67. The van der Waals surface area contributed by atoms with Crippen molar-refractivity contribution in [1.29, 1.82) is 0 Å². The highest BCUT2D eigenvalue weighted by atomic mass is 16.4. The van der Waals surface area contributed by atoms with Crippen molar-refractivity contribution in [2.75, 3.05) is 0 Å². The molecule has 0 amide bonds. The van der Waals surface area contributed by atoms with Crippen LogP contribution in [0.1, 0.15) is 54.5 Å². The predicted octanol–water partition coefficient (Wildman–Crippen LogP) is 2.25. The van der Waals surface area contributed by atoms with Gasteiger partial charge in [-0.3, -0.25) is 0 Å². The van der Waals surface area contributed by atoms with E-state index in [9.17, 15) is 4.79 Å². The second-order valence-corrected chi connectivity index (χ2v) is 4.69. The molecule has 86 valence electrons. The van der Waals surface area contributed by atoms with E-state index >= 15 is 0 Å². The van der Waals surface area contributed by atoms with Crippen LogP contribution in [0.5, 0.6) is 0 Å². The fourth-order valence-corrected chi connectivity index (χ4v) is 1.72. The lowest BCUT2D eigenvalue weighted by molar-refractivity contribution is 0.0694. The normalized spacial score (nSPS) is 15.4. The van der Waals surface area contributed by atoms with Gasteiger partial charge in [0.25, 0.3) is 0 Å². The van der Waals surface area contributed by atoms with Crippen LogP contribution in [0.2, 0.25) is 0 Å². The van der Waals surface area contributed by atoms with Gasteiger partial charge in [0, 0.05) is 12.6 Å². The molecule has 1 saturated carbocycles. The summed E-state index contributed by atoms with van der Waals surface area (Å²) in [5, 5.41) is 9.02. The summed E-state index contributed by atoms with van der Waals surface area (Å²) in [6.45, 7) is 3.91. The summed E-state index contributed by atoms with van der Waals surface area (Å²) < 4.78 is 0.